The zero-order valence-corrected chi connectivity index (χ0v) is 13.5. The van der Waals surface area contributed by atoms with Gasteiger partial charge < -0.3 is 9.47 Å². The molecule has 2 aliphatic carbocycles. The lowest BCUT2D eigenvalue weighted by molar-refractivity contribution is -0.146. The SMILES string of the molecule is CC=C1[C@@H]2C=C(C)C[C@@]1(C(=O)OC)c1ccc(OC)nc1C2. The maximum absolute atomic E-state index is 12.8. The van der Waals surface area contributed by atoms with Crippen LogP contribution < -0.4 is 4.74 Å². The molecule has 3 rings (SSSR count). The van der Waals surface area contributed by atoms with Gasteiger partial charge in [0.1, 0.15) is 5.41 Å². The first-order chi connectivity index (χ1) is 10.6. The molecule has 0 fully saturated rings. The molecule has 0 N–H and O–H groups in total. The van der Waals surface area contributed by atoms with Crippen LogP contribution in [0.25, 0.3) is 0 Å². The molecule has 116 valence electrons. The Bertz CT molecular complexity index is 690. The van der Waals surface area contributed by atoms with E-state index in [4.69, 9.17) is 9.47 Å². The number of ether oxygens (including phenoxy) is 2. The van der Waals surface area contributed by atoms with Gasteiger partial charge in [0.25, 0.3) is 0 Å². The molecular weight excluding hydrogens is 278 g/mol. The Labute approximate surface area is 130 Å². The molecule has 22 heavy (non-hydrogen) atoms. The molecule has 2 bridgehead atoms. The van der Waals surface area contributed by atoms with Crippen molar-refractivity contribution in [1.29, 1.82) is 0 Å². The molecule has 0 amide bonds. The minimum atomic E-state index is -0.736. The van der Waals surface area contributed by atoms with Crippen molar-refractivity contribution < 1.29 is 14.3 Å². The molecule has 0 spiro atoms. The third-order valence-electron chi connectivity index (χ3n) is 4.80. The fraction of sp³-hybridized carbons (Fsp3) is 0.444. The molecule has 1 aromatic rings. The quantitative estimate of drug-likeness (QED) is 0.622. The fourth-order valence-electron chi connectivity index (χ4n) is 4.03. The minimum Gasteiger partial charge on any atom is -0.481 e. The van der Waals surface area contributed by atoms with Crippen molar-refractivity contribution in [2.45, 2.75) is 32.1 Å². The van der Waals surface area contributed by atoms with Gasteiger partial charge in [0.2, 0.25) is 5.88 Å². The highest BCUT2D eigenvalue weighted by atomic mass is 16.5. The lowest BCUT2D eigenvalue weighted by atomic mass is 9.58. The van der Waals surface area contributed by atoms with Gasteiger partial charge in [-0.1, -0.05) is 23.8 Å². The standard InChI is InChI=1S/C18H21NO3/c1-5-13-12-8-11(2)10-18(13,17(20)22-4)14-6-7-16(21-3)19-15(14)9-12/h5-8,12H,9-10H2,1-4H3/t12-,18+/m1/s1. The molecule has 0 aliphatic heterocycles. The Hall–Kier alpha value is -2.10. The molecule has 0 radical (unpaired) electrons. The van der Waals surface area contributed by atoms with Crippen molar-refractivity contribution in [1.82, 2.24) is 4.98 Å². The summed E-state index contributed by atoms with van der Waals surface area (Å²) in [6.07, 6.45) is 5.76. The summed E-state index contributed by atoms with van der Waals surface area (Å²) < 4.78 is 10.4. The highest BCUT2D eigenvalue weighted by Gasteiger charge is 2.53. The molecular formula is C18H21NO3. The van der Waals surface area contributed by atoms with E-state index in [0.29, 0.717) is 12.3 Å². The highest BCUT2D eigenvalue weighted by Crippen LogP contribution is 2.52. The van der Waals surface area contributed by atoms with E-state index >= 15 is 0 Å². The van der Waals surface area contributed by atoms with E-state index in [0.717, 1.165) is 23.3 Å². The summed E-state index contributed by atoms with van der Waals surface area (Å²) in [6.45, 7) is 4.08. The summed E-state index contributed by atoms with van der Waals surface area (Å²) >= 11 is 0. The first kappa shape index (κ1) is 14.8. The summed E-state index contributed by atoms with van der Waals surface area (Å²) in [7, 11) is 3.06. The van der Waals surface area contributed by atoms with Crippen molar-refractivity contribution in [3.63, 3.8) is 0 Å². The Kier molecular flexibility index (Phi) is 3.55. The number of carbonyl (C=O) groups is 1. The minimum absolute atomic E-state index is 0.199. The monoisotopic (exact) mass is 299 g/mol. The van der Waals surface area contributed by atoms with Gasteiger partial charge >= 0.3 is 5.97 Å². The number of rotatable bonds is 2. The predicted octanol–water partition coefficient (Wildman–Crippen LogP) is 2.97. The number of methoxy groups -OCH3 is 2. The number of hydrogen-bond donors (Lipinski definition) is 0. The second-order valence-electron chi connectivity index (χ2n) is 5.99. The van der Waals surface area contributed by atoms with Gasteiger partial charge in [0.05, 0.1) is 19.9 Å². The number of aromatic nitrogens is 1. The number of allylic oxidation sites excluding steroid dienone is 3. The topological polar surface area (TPSA) is 48.4 Å². The molecule has 0 aromatic carbocycles. The third kappa shape index (κ3) is 1.90. The summed E-state index contributed by atoms with van der Waals surface area (Å²) in [4.78, 5) is 17.4. The Balaban J connectivity index is 2.29. The maximum Gasteiger partial charge on any atom is 0.320 e. The van der Waals surface area contributed by atoms with Crippen LogP contribution in [-0.2, 0) is 21.4 Å². The fourth-order valence-corrected chi connectivity index (χ4v) is 4.03. The van der Waals surface area contributed by atoms with Gasteiger partial charge in [-0.05, 0) is 31.4 Å². The van der Waals surface area contributed by atoms with E-state index < -0.39 is 5.41 Å². The van der Waals surface area contributed by atoms with Crippen LogP contribution in [0.5, 0.6) is 5.88 Å². The number of hydrogen-bond acceptors (Lipinski definition) is 4. The van der Waals surface area contributed by atoms with Crippen LogP contribution in [0.2, 0.25) is 0 Å². The molecule has 1 aromatic heterocycles. The summed E-state index contributed by atoms with van der Waals surface area (Å²) in [6, 6.07) is 3.79. The van der Waals surface area contributed by atoms with Crippen LogP contribution in [0.3, 0.4) is 0 Å². The summed E-state index contributed by atoms with van der Waals surface area (Å²) in [5.74, 6) is 0.581. The number of nitrogens with zero attached hydrogens (tertiary/aromatic N) is 1. The van der Waals surface area contributed by atoms with Crippen LogP contribution in [0.4, 0.5) is 0 Å². The van der Waals surface area contributed by atoms with E-state index in [2.05, 4.69) is 24.1 Å². The molecule has 1 heterocycles. The van der Waals surface area contributed by atoms with Crippen molar-refractivity contribution in [2.75, 3.05) is 14.2 Å². The van der Waals surface area contributed by atoms with Crippen LogP contribution in [0.1, 0.15) is 31.5 Å². The lowest BCUT2D eigenvalue weighted by Gasteiger charge is -2.45. The van der Waals surface area contributed by atoms with Crippen LogP contribution in [0, 0.1) is 5.92 Å². The normalized spacial score (nSPS) is 27.9. The van der Waals surface area contributed by atoms with Crippen LogP contribution in [0.15, 0.2) is 35.4 Å². The molecule has 2 atom stereocenters. The number of fused-ring (bicyclic) bond motifs is 4. The zero-order chi connectivity index (χ0) is 15.9. The Morgan fingerprint density at radius 3 is 2.82 bits per heavy atom. The second-order valence-corrected chi connectivity index (χ2v) is 5.99. The number of esters is 1. The number of pyridine rings is 1. The maximum atomic E-state index is 12.8. The van der Waals surface area contributed by atoms with Gasteiger partial charge in [-0.3, -0.25) is 4.79 Å². The van der Waals surface area contributed by atoms with E-state index in [1.807, 2.05) is 19.1 Å². The smallest absolute Gasteiger partial charge is 0.320 e. The number of carbonyl (C=O) groups excluding carboxylic acids is 1. The van der Waals surface area contributed by atoms with Crippen LogP contribution in [-0.4, -0.2) is 25.2 Å². The average molecular weight is 299 g/mol. The molecule has 0 unspecified atom stereocenters. The predicted molar refractivity (Wildman–Crippen MR) is 83.8 cm³/mol. The third-order valence-corrected chi connectivity index (χ3v) is 4.80. The van der Waals surface area contributed by atoms with E-state index in [9.17, 15) is 4.79 Å². The van der Waals surface area contributed by atoms with Gasteiger partial charge in [0, 0.05) is 18.4 Å². The average Bonchev–Trinajstić information content (AvgIpc) is 2.52. The molecule has 0 saturated carbocycles. The first-order valence-corrected chi connectivity index (χ1v) is 7.53. The van der Waals surface area contributed by atoms with Gasteiger partial charge in [-0.15, -0.1) is 0 Å². The molecule has 4 nitrogen and oxygen atoms in total. The summed E-state index contributed by atoms with van der Waals surface area (Å²) in [5, 5.41) is 0. The molecule has 0 saturated heterocycles. The Morgan fingerprint density at radius 2 is 2.18 bits per heavy atom. The first-order valence-electron chi connectivity index (χ1n) is 7.53. The van der Waals surface area contributed by atoms with Gasteiger partial charge in [0.15, 0.2) is 0 Å². The van der Waals surface area contributed by atoms with E-state index in [-0.39, 0.29) is 11.9 Å². The largest absolute Gasteiger partial charge is 0.481 e. The van der Waals surface area contributed by atoms with Gasteiger partial charge in [-0.2, -0.15) is 0 Å². The van der Waals surface area contributed by atoms with E-state index in [1.165, 1.54) is 12.7 Å². The molecule has 2 aliphatic rings. The zero-order valence-electron chi connectivity index (χ0n) is 13.5. The van der Waals surface area contributed by atoms with Gasteiger partial charge in [-0.25, -0.2) is 4.98 Å². The molecule has 4 heteroatoms. The Morgan fingerprint density at radius 1 is 1.41 bits per heavy atom. The van der Waals surface area contributed by atoms with Crippen molar-refractivity contribution >= 4 is 5.97 Å². The lowest BCUT2D eigenvalue weighted by Crippen LogP contribution is -2.47. The highest BCUT2D eigenvalue weighted by molar-refractivity contribution is 5.89. The van der Waals surface area contributed by atoms with E-state index in [1.54, 1.807) is 7.11 Å². The summed E-state index contributed by atoms with van der Waals surface area (Å²) in [5.41, 5.74) is 3.51. The van der Waals surface area contributed by atoms with Crippen molar-refractivity contribution in [2.24, 2.45) is 5.92 Å². The van der Waals surface area contributed by atoms with Crippen LogP contribution >= 0.6 is 0 Å². The van der Waals surface area contributed by atoms with Crippen molar-refractivity contribution in [3.8, 4) is 5.88 Å². The second kappa shape index (κ2) is 5.27. The van der Waals surface area contributed by atoms with Crippen molar-refractivity contribution in [3.05, 3.63) is 46.7 Å².